The van der Waals surface area contributed by atoms with Crippen molar-refractivity contribution in [3.05, 3.63) is 72.1 Å². The first-order valence-electron chi connectivity index (χ1n) is 10.3. The molecule has 0 amide bonds. The van der Waals surface area contributed by atoms with Gasteiger partial charge in [0, 0.05) is 46.7 Å². The fraction of sp³-hybridized carbons (Fsp3) is 0.250. The highest BCUT2D eigenvalue weighted by atomic mass is 35.5. The van der Waals surface area contributed by atoms with E-state index in [0.717, 1.165) is 32.9 Å². The number of aromatic nitrogens is 2. The average molecular weight is 473 g/mol. The Balaban J connectivity index is 0.000000227. The van der Waals surface area contributed by atoms with Gasteiger partial charge in [-0.1, -0.05) is 36.4 Å². The van der Waals surface area contributed by atoms with Crippen LogP contribution in [0.5, 0.6) is 0 Å². The number of rotatable bonds is 7. The number of H-pyrrole nitrogens is 2. The predicted molar refractivity (Wildman–Crippen MR) is 131 cm³/mol. The van der Waals surface area contributed by atoms with Gasteiger partial charge in [0.1, 0.15) is 6.04 Å². The number of aromatic amines is 2. The van der Waals surface area contributed by atoms with E-state index < -0.39 is 12.0 Å². The van der Waals surface area contributed by atoms with Crippen molar-refractivity contribution in [3.8, 4) is 0 Å². The normalized spacial score (nSPS) is 12.3. The number of carboxylic acids is 1. The molecule has 0 aliphatic carbocycles. The van der Waals surface area contributed by atoms with Crippen LogP contribution in [0.2, 0.25) is 0 Å². The Morgan fingerprint density at radius 1 is 0.909 bits per heavy atom. The minimum atomic E-state index is -0.854. The molecule has 0 saturated heterocycles. The molecular formula is C24H29ClN4O4. The highest BCUT2D eigenvalue weighted by molar-refractivity contribution is 5.85. The van der Waals surface area contributed by atoms with Crippen LogP contribution in [0.25, 0.3) is 21.8 Å². The van der Waals surface area contributed by atoms with Crippen LogP contribution in [0.1, 0.15) is 17.5 Å². The largest absolute Gasteiger partial charge is 0.481 e. The summed E-state index contributed by atoms with van der Waals surface area (Å²) in [4.78, 5) is 28.0. The van der Waals surface area contributed by atoms with Gasteiger partial charge in [0.15, 0.2) is 0 Å². The van der Waals surface area contributed by atoms with Gasteiger partial charge in [-0.15, -0.1) is 12.4 Å². The predicted octanol–water partition coefficient (Wildman–Crippen LogP) is 3.14. The Morgan fingerprint density at radius 3 is 1.88 bits per heavy atom. The molecule has 2 atom stereocenters. The number of carbonyl (C=O) groups excluding carboxylic acids is 1. The van der Waals surface area contributed by atoms with Crippen LogP contribution in [0, 0.1) is 0 Å². The van der Waals surface area contributed by atoms with Gasteiger partial charge < -0.3 is 31.3 Å². The van der Waals surface area contributed by atoms with Crippen LogP contribution < -0.4 is 11.5 Å². The number of nitrogens with one attached hydrogen (secondary N) is 2. The zero-order valence-corrected chi connectivity index (χ0v) is 19.1. The quantitative estimate of drug-likeness (QED) is 0.261. The number of benzene rings is 2. The summed E-state index contributed by atoms with van der Waals surface area (Å²) in [5, 5.41) is 10.9. The van der Waals surface area contributed by atoms with Crippen molar-refractivity contribution in [2.24, 2.45) is 11.5 Å². The maximum atomic E-state index is 11.2. The van der Waals surface area contributed by atoms with Gasteiger partial charge in [0.2, 0.25) is 0 Å². The molecule has 4 rings (SSSR count). The Kier molecular flexibility index (Phi) is 9.47. The summed E-state index contributed by atoms with van der Waals surface area (Å²) in [6.45, 7) is 0. The standard InChI is InChI=1S/2C12H14N2O2.ClH/c1-16-12(15)10(13)6-8-7-14-11-5-3-2-4-9(8)11;13-9(6-12(15)16)5-8-7-14-11-4-2-1-3-10(8)11;/h2-5,7,10,14H,6,13H2,1H3;1-4,7,9,14H,5-6,13H2,(H,15,16);1H/t10-;;/m0../s1. The van der Waals surface area contributed by atoms with E-state index in [9.17, 15) is 9.59 Å². The lowest BCUT2D eigenvalue weighted by Crippen LogP contribution is -2.33. The van der Waals surface area contributed by atoms with Crippen LogP contribution in [0.15, 0.2) is 60.9 Å². The van der Waals surface area contributed by atoms with Crippen molar-refractivity contribution in [2.75, 3.05) is 7.11 Å². The second-order valence-corrected chi connectivity index (χ2v) is 7.61. The molecule has 0 fully saturated rings. The molecule has 0 saturated carbocycles. The third-order valence-corrected chi connectivity index (χ3v) is 5.21. The maximum absolute atomic E-state index is 11.2. The summed E-state index contributed by atoms with van der Waals surface area (Å²) >= 11 is 0. The number of nitrogens with two attached hydrogens (primary N) is 2. The van der Waals surface area contributed by atoms with Crippen molar-refractivity contribution in [3.63, 3.8) is 0 Å². The summed E-state index contributed by atoms with van der Waals surface area (Å²) in [6, 6.07) is 14.9. The topological polar surface area (TPSA) is 147 Å². The molecule has 2 heterocycles. The third kappa shape index (κ3) is 6.82. The van der Waals surface area contributed by atoms with Crippen molar-refractivity contribution < 1.29 is 19.4 Å². The smallest absolute Gasteiger partial charge is 0.322 e. The summed E-state index contributed by atoms with van der Waals surface area (Å²) in [5.41, 5.74) is 15.7. The number of carboxylic acid groups (broad SMARTS) is 1. The zero-order chi connectivity index (χ0) is 23.1. The summed E-state index contributed by atoms with van der Waals surface area (Å²) in [6.07, 6.45) is 4.84. The number of aliphatic carboxylic acids is 1. The number of hydrogen-bond donors (Lipinski definition) is 5. The molecule has 9 heteroatoms. The molecule has 1 unspecified atom stereocenters. The summed E-state index contributed by atoms with van der Waals surface area (Å²) < 4.78 is 4.60. The van der Waals surface area contributed by atoms with Gasteiger partial charge in [-0.05, 0) is 29.7 Å². The first-order chi connectivity index (χ1) is 15.4. The van der Waals surface area contributed by atoms with Gasteiger partial charge >= 0.3 is 11.9 Å². The fourth-order valence-electron chi connectivity index (χ4n) is 3.65. The molecule has 0 radical (unpaired) electrons. The lowest BCUT2D eigenvalue weighted by molar-refractivity contribution is -0.142. The van der Waals surface area contributed by atoms with Crippen molar-refractivity contribution >= 4 is 46.2 Å². The number of carbonyl (C=O) groups is 2. The second-order valence-electron chi connectivity index (χ2n) is 7.61. The number of fused-ring (bicyclic) bond motifs is 2. The Hall–Kier alpha value is -3.33. The number of para-hydroxylation sites is 2. The third-order valence-electron chi connectivity index (χ3n) is 5.21. The van der Waals surface area contributed by atoms with Crippen LogP contribution in [-0.2, 0) is 27.2 Å². The molecule has 0 aliphatic rings. The molecular weight excluding hydrogens is 444 g/mol. The van der Waals surface area contributed by atoms with Gasteiger partial charge in [-0.2, -0.15) is 0 Å². The molecule has 33 heavy (non-hydrogen) atoms. The van der Waals surface area contributed by atoms with Gasteiger partial charge in [-0.25, -0.2) is 0 Å². The van der Waals surface area contributed by atoms with E-state index in [1.165, 1.54) is 7.11 Å². The molecule has 2 aromatic carbocycles. The van der Waals surface area contributed by atoms with Crippen LogP contribution in [0.3, 0.4) is 0 Å². The van der Waals surface area contributed by atoms with Gasteiger partial charge in [0.25, 0.3) is 0 Å². The first-order valence-corrected chi connectivity index (χ1v) is 10.3. The molecule has 7 N–H and O–H groups in total. The monoisotopic (exact) mass is 472 g/mol. The zero-order valence-electron chi connectivity index (χ0n) is 18.3. The minimum absolute atomic E-state index is 0. The Bertz CT molecular complexity index is 1200. The minimum Gasteiger partial charge on any atom is -0.481 e. The first kappa shape index (κ1) is 25.9. The molecule has 0 aliphatic heterocycles. The molecule has 2 aromatic heterocycles. The lowest BCUT2D eigenvalue weighted by atomic mass is 10.0. The number of methoxy groups -OCH3 is 1. The number of hydrogen-bond acceptors (Lipinski definition) is 5. The molecule has 8 nitrogen and oxygen atoms in total. The molecule has 4 aromatic rings. The van der Waals surface area contributed by atoms with E-state index in [4.69, 9.17) is 16.6 Å². The van der Waals surface area contributed by atoms with Crippen LogP contribution >= 0.6 is 12.4 Å². The van der Waals surface area contributed by atoms with E-state index in [0.29, 0.717) is 12.8 Å². The van der Waals surface area contributed by atoms with E-state index in [-0.39, 0.29) is 30.8 Å². The van der Waals surface area contributed by atoms with E-state index in [1.54, 1.807) is 0 Å². The number of esters is 1. The Labute approximate surface area is 197 Å². The van der Waals surface area contributed by atoms with E-state index in [1.807, 2.05) is 60.9 Å². The second kappa shape index (κ2) is 12.1. The van der Waals surface area contributed by atoms with Crippen molar-refractivity contribution in [1.29, 1.82) is 0 Å². The summed E-state index contributed by atoms with van der Waals surface area (Å²) in [7, 11) is 1.34. The molecule has 0 spiro atoms. The van der Waals surface area contributed by atoms with E-state index in [2.05, 4.69) is 14.7 Å². The number of halogens is 1. The highest BCUT2D eigenvalue weighted by Crippen LogP contribution is 2.20. The molecule has 0 bridgehead atoms. The van der Waals surface area contributed by atoms with Crippen LogP contribution in [0.4, 0.5) is 0 Å². The SMILES string of the molecule is COC(=O)[C@@H](N)Cc1c[nH]c2ccccc12.Cl.NC(CC(=O)O)Cc1c[nH]c2ccccc12. The lowest BCUT2D eigenvalue weighted by Gasteiger charge is -2.07. The Morgan fingerprint density at radius 2 is 1.39 bits per heavy atom. The average Bonchev–Trinajstić information content (AvgIpc) is 3.37. The van der Waals surface area contributed by atoms with Gasteiger partial charge in [0.05, 0.1) is 13.5 Å². The highest BCUT2D eigenvalue weighted by Gasteiger charge is 2.16. The maximum Gasteiger partial charge on any atom is 0.322 e. The fourth-order valence-corrected chi connectivity index (χ4v) is 3.65. The van der Waals surface area contributed by atoms with Crippen molar-refractivity contribution in [1.82, 2.24) is 9.97 Å². The number of ether oxygens (including phenoxy) is 1. The van der Waals surface area contributed by atoms with Crippen molar-refractivity contribution in [2.45, 2.75) is 31.3 Å². The van der Waals surface area contributed by atoms with Gasteiger partial charge in [-0.3, -0.25) is 9.59 Å². The van der Waals surface area contributed by atoms with E-state index >= 15 is 0 Å². The molecule has 176 valence electrons. The van der Waals surface area contributed by atoms with Crippen LogP contribution in [-0.4, -0.2) is 46.2 Å². The summed E-state index contributed by atoms with van der Waals surface area (Å²) in [5.74, 6) is -1.24.